The minimum Gasteiger partial charge on any atom is -0.394 e. The van der Waals surface area contributed by atoms with E-state index in [2.05, 4.69) is 0 Å². The predicted molar refractivity (Wildman–Crippen MR) is 137 cm³/mol. The third-order valence-electron chi connectivity index (χ3n) is 8.58. The second-order valence-electron chi connectivity index (χ2n) is 12.1. The second-order valence-corrected chi connectivity index (χ2v) is 12.1. The van der Waals surface area contributed by atoms with Gasteiger partial charge >= 0.3 is 0 Å². The highest BCUT2D eigenvalue weighted by atomic mass is 16.5. The van der Waals surface area contributed by atoms with Crippen molar-refractivity contribution < 1.29 is 24.2 Å². The summed E-state index contributed by atoms with van der Waals surface area (Å²) in [5, 5.41) is 10.4. The standard InChI is InChI=1S/C28H43N3O5/c1-8-14-29-15-10-12-27(9-2)20(23(29)33)21-24(34)31(19(17-32)18(3)4)22-25(35)30(26(5,6)7)16-11-13-28(21,22)36-27/h10-13,18-22,32H,8-9,14-17H2,1-7H3/t19-,20+,21-,22?,27-,28-/m0/s1. The van der Waals surface area contributed by atoms with E-state index in [4.69, 9.17) is 4.74 Å². The van der Waals surface area contributed by atoms with E-state index >= 15 is 0 Å². The van der Waals surface area contributed by atoms with Gasteiger partial charge in [0, 0.05) is 25.2 Å². The lowest BCUT2D eigenvalue weighted by Crippen LogP contribution is -2.62. The van der Waals surface area contributed by atoms with Gasteiger partial charge in [-0.15, -0.1) is 0 Å². The maximum Gasteiger partial charge on any atom is 0.249 e. The van der Waals surface area contributed by atoms with Gasteiger partial charge in [0.05, 0.1) is 30.1 Å². The van der Waals surface area contributed by atoms with E-state index in [0.29, 0.717) is 26.1 Å². The topological polar surface area (TPSA) is 90.4 Å². The van der Waals surface area contributed by atoms with Crippen molar-refractivity contribution in [3.05, 3.63) is 24.3 Å². The average Bonchev–Trinajstić information content (AvgIpc) is 3.09. The summed E-state index contributed by atoms with van der Waals surface area (Å²) in [5.74, 6) is -2.24. The molecular formula is C28H43N3O5. The molecule has 0 saturated carbocycles. The first kappa shape index (κ1) is 26.9. The maximum absolute atomic E-state index is 14.4. The van der Waals surface area contributed by atoms with E-state index in [1.165, 1.54) is 0 Å². The lowest BCUT2D eigenvalue weighted by Gasteiger charge is -2.44. The Morgan fingerprint density at radius 3 is 2.25 bits per heavy atom. The molecule has 1 unspecified atom stereocenters. The van der Waals surface area contributed by atoms with Crippen molar-refractivity contribution in [1.29, 1.82) is 0 Å². The number of aliphatic hydroxyl groups excluding tert-OH is 1. The predicted octanol–water partition coefficient (Wildman–Crippen LogP) is 2.37. The first-order valence-electron chi connectivity index (χ1n) is 13.5. The molecule has 3 amide bonds. The van der Waals surface area contributed by atoms with E-state index in [1.807, 2.05) is 77.7 Å². The van der Waals surface area contributed by atoms with Crippen molar-refractivity contribution in [2.24, 2.45) is 17.8 Å². The molecule has 2 saturated heterocycles. The minimum atomic E-state index is -1.29. The lowest BCUT2D eigenvalue weighted by atomic mass is 9.73. The van der Waals surface area contributed by atoms with Crippen molar-refractivity contribution >= 4 is 17.7 Å². The molecule has 1 N–H and O–H groups in total. The van der Waals surface area contributed by atoms with Gasteiger partial charge in [-0.25, -0.2) is 0 Å². The quantitative estimate of drug-likeness (QED) is 0.565. The number of likely N-dealkylation sites (tertiary alicyclic amines) is 1. The zero-order valence-electron chi connectivity index (χ0n) is 22.9. The van der Waals surface area contributed by atoms with Gasteiger partial charge in [-0.1, -0.05) is 52.0 Å². The molecule has 0 bridgehead atoms. The third kappa shape index (κ3) is 3.74. The molecule has 6 atom stereocenters. The van der Waals surface area contributed by atoms with Crippen molar-refractivity contribution in [2.45, 2.75) is 90.1 Å². The fourth-order valence-electron chi connectivity index (χ4n) is 6.80. The molecule has 0 aliphatic carbocycles. The Morgan fingerprint density at radius 2 is 1.69 bits per heavy atom. The Labute approximate surface area is 215 Å². The van der Waals surface area contributed by atoms with E-state index in [0.717, 1.165) is 6.42 Å². The van der Waals surface area contributed by atoms with Gasteiger partial charge in [-0.2, -0.15) is 0 Å². The van der Waals surface area contributed by atoms with Gasteiger partial charge in [0.25, 0.3) is 0 Å². The van der Waals surface area contributed by atoms with Crippen molar-refractivity contribution in [3.63, 3.8) is 0 Å². The number of aliphatic hydroxyl groups is 1. The SMILES string of the molecule is CCCN1CC=C[C@]2(CC)O[C@]34C=CCN(C(C)(C)C)C(=O)C3N([C@@H](CO)C(C)C)C(=O)[C@@H]4[C@@H]2C1=O. The van der Waals surface area contributed by atoms with Crippen LogP contribution in [-0.2, 0) is 19.1 Å². The fraction of sp³-hybridized carbons (Fsp3) is 0.750. The Bertz CT molecular complexity index is 969. The molecule has 4 aliphatic rings. The number of hydrogen-bond donors (Lipinski definition) is 1. The molecule has 1 spiro atoms. The summed E-state index contributed by atoms with van der Waals surface area (Å²) in [7, 11) is 0. The molecule has 8 nitrogen and oxygen atoms in total. The zero-order chi connectivity index (χ0) is 26.6. The van der Waals surface area contributed by atoms with Crippen LogP contribution >= 0.6 is 0 Å². The first-order chi connectivity index (χ1) is 16.9. The summed E-state index contributed by atoms with van der Waals surface area (Å²) < 4.78 is 6.97. The number of rotatable bonds is 6. The van der Waals surface area contributed by atoms with Crippen molar-refractivity contribution in [3.8, 4) is 0 Å². The van der Waals surface area contributed by atoms with Crippen LogP contribution in [0.2, 0.25) is 0 Å². The summed E-state index contributed by atoms with van der Waals surface area (Å²) in [6, 6.07) is -1.52. The molecule has 36 heavy (non-hydrogen) atoms. The molecule has 4 rings (SSSR count). The molecule has 0 aromatic rings. The average molecular weight is 502 g/mol. The van der Waals surface area contributed by atoms with E-state index in [-0.39, 0.29) is 30.2 Å². The molecule has 8 heteroatoms. The molecule has 0 radical (unpaired) electrons. The number of hydrogen-bond acceptors (Lipinski definition) is 5. The molecule has 4 aliphatic heterocycles. The molecule has 0 aromatic heterocycles. The van der Waals surface area contributed by atoms with E-state index < -0.39 is 40.7 Å². The van der Waals surface area contributed by atoms with Crippen LogP contribution in [0, 0.1) is 17.8 Å². The summed E-state index contributed by atoms with van der Waals surface area (Å²) in [4.78, 5) is 48.0. The van der Waals surface area contributed by atoms with Gasteiger partial charge in [0.2, 0.25) is 17.7 Å². The van der Waals surface area contributed by atoms with Gasteiger partial charge in [0.1, 0.15) is 11.6 Å². The number of fused-ring (bicyclic) bond motifs is 2. The van der Waals surface area contributed by atoms with Crippen LogP contribution in [0.25, 0.3) is 0 Å². The second kappa shape index (κ2) is 9.28. The largest absolute Gasteiger partial charge is 0.394 e. The number of nitrogens with zero attached hydrogens (tertiary/aromatic N) is 3. The number of amides is 3. The molecule has 0 aromatic carbocycles. The highest BCUT2D eigenvalue weighted by molar-refractivity contribution is 6.00. The summed E-state index contributed by atoms with van der Waals surface area (Å²) in [5.41, 5.74) is -2.74. The van der Waals surface area contributed by atoms with Gasteiger partial charge < -0.3 is 24.5 Å². The minimum absolute atomic E-state index is 0.0878. The monoisotopic (exact) mass is 501 g/mol. The van der Waals surface area contributed by atoms with Crippen LogP contribution < -0.4 is 0 Å². The van der Waals surface area contributed by atoms with Crippen LogP contribution in [-0.4, -0.2) is 92.6 Å². The Hall–Kier alpha value is -2.19. The third-order valence-corrected chi connectivity index (χ3v) is 8.58. The molecule has 2 fully saturated rings. The van der Waals surface area contributed by atoms with Gasteiger partial charge in [-0.05, 0) is 39.5 Å². The lowest BCUT2D eigenvalue weighted by molar-refractivity contribution is -0.160. The van der Waals surface area contributed by atoms with Crippen LogP contribution in [0.15, 0.2) is 24.3 Å². The Balaban J connectivity index is 1.95. The highest BCUT2D eigenvalue weighted by Gasteiger charge is 2.76. The Morgan fingerprint density at radius 1 is 1.03 bits per heavy atom. The maximum atomic E-state index is 14.4. The first-order valence-corrected chi connectivity index (χ1v) is 13.5. The summed E-state index contributed by atoms with van der Waals surface area (Å²) >= 11 is 0. The molecule has 200 valence electrons. The number of ether oxygens (including phenoxy) is 1. The van der Waals surface area contributed by atoms with E-state index in [1.54, 1.807) is 9.80 Å². The highest BCUT2D eigenvalue weighted by Crippen LogP contribution is 2.59. The molecular weight excluding hydrogens is 458 g/mol. The van der Waals surface area contributed by atoms with Crippen molar-refractivity contribution in [2.75, 3.05) is 26.2 Å². The van der Waals surface area contributed by atoms with E-state index in [9.17, 15) is 19.5 Å². The van der Waals surface area contributed by atoms with Crippen LogP contribution in [0.4, 0.5) is 0 Å². The number of carbonyl (C=O) groups excluding carboxylic acids is 3. The van der Waals surface area contributed by atoms with Crippen molar-refractivity contribution in [1.82, 2.24) is 14.7 Å². The normalized spacial score (nSPS) is 35.2. The Kier molecular flexibility index (Phi) is 6.92. The van der Waals surface area contributed by atoms with Gasteiger partial charge in [0.15, 0.2) is 0 Å². The number of carbonyl (C=O) groups is 3. The fourth-order valence-corrected chi connectivity index (χ4v) is 6.80. The summed E-state index contributed by atoms with van der Waals surface area (Å²) in [6.07, 6.45) is 9.06. The van der Waals surface area contributed by atoms with Crippen LogP contribution in [0.5, 0.6) is 0 Å². The van der Waals surface area contributed by atoms with Crippen LogP contribution in [0.1, 0.15) is 61.3 Å². The van der Waals surface area contributed by atoms with Gasteiger partial charge in [-0.3, -0.25) is 14.4 Å². The zero-order valence-corrected chi connectivity index (χ0v) is 22.9. The smallest absolute Gasteiger partial charge is 0.249 e. The summed E-state index contributed by atoms with van der Waals surface area (Å²) in [6.45, 7) is 15.0. The van der Waals surface area contributed by atoms with Crippen LogP contribution in [0.3, 0.4) is 0 Å². The molecule has 4 heterocycles.